The summed E-state index contributed by atoms with van der Waals surface area (Å²) in [5, 5.41) is 5.71. The molecular formula is C18H22N4O3S2. The van der Waals surface area contributed by atoms with Crippen molar-refractivity contribution in [3.63, 3.8) is 0 Å². The van der Waals surface area contributed by atoms with Crippen molar-refractivity contribution in [3.8, 4) is 0 Å². The molecule has 9 heteroatoms. The molecule has 0 aromatic carbocycles. The van der Waals surface area contributed by atoms with E-state index in [1.807, 2.05) is 0 Å². The van der Waals surface area contributed by atoms with E-state index in [9.17, 15) is 14.4 Å². The lowest BCUT2D eigenvalue weighted by Gasteiger charge is -2.17. The van der Waals surface area contributed by atoms with Gasteiger partial charge in [0, 0.05) is 18.5 Å². The maximum atomic E-state index is 13.1. The highest BCUT2D eigenvalue weighted by Crippen LogP contribution is 2.36. The predicted molar refractivity (Wildman–Crippen MR) is 109 cm³/mol. The molecular weight excluding hydrogens is 384 g/mol. The van der Waals surface area contributed by atoms with E-state index in [2.05, 4.69) is 29.1 Å². The molecule has 0 unspecified atom stereocenters. The van der Waals surface area contributed by atoms with Crippen molar-refractivity contribution in [2.75, 3.05) is 12.8 Å². The van der Waals surface area contributed by atoms with Gasteiger partial charge in [-0.25, -0.2) is 9.78 Å². The van der Waals surface area contributed by atoms with Crippen molar-refractivity contribution in [2.24, 2.45) is 5.92 Å². The summed E-state index contributed by atoms with van der Waals surface area (Å²) < 4.78 is 1.55. The van der Waals surface area contributed by atoms with Crippen LogP contribution in [-0.2, 0) is 24.2 Å². The van der Waals surface area contributed by atoms with Gasteiger partial charge < -0.3 is 5.32 Å². The first-order valence-corrected chi connectivity index (χ1v) is 10.5. The summed E-state index contributed by atoms with van der Waals surface area (Å²) in [7, 11) is 1.44. The lowest BCUT2D eigenvalue weighted by atomic mass is 9.89. The number of nitrogens with one attached hydrogen (secondary N) is 2. The second-order valence-corrected chi connectivity index (χ2v) is 8.57. The summed E-state index contributed by atoms with van der Waals surface area (Å²) in [5.74, 6) is 0.159. The molecule has 2 heterocycles. The molecule has 3 rings (SSSR count). The van der Waals surface area contributed by atoms with Crippen LogP contribution in [0, 0.1) is 5.92 Å². The minimum absolute atomic E-state index is 0.00929. The Hall–Kier alpha value is -2.13. The van der Waals surface area contributed by atoms with Crippen LogP contribution in [0.15, 0.2) is 22.6 Å². The first kappa shape index (κ1) is 19.6. The van der Waals surface area contributed by atoms with Crippen molar-refractivity contribution in [2.45, 2.75) is 37.9 Å². The molecule has 1 aliphatic rings. The fourth-order valence-corrected chi connectivity index (χ4v) is 5.39. The van der Waals surface area contributed by atoms with Crippen LogP contribution in [0.2, 0.25) is 0 Å². The van der Waals surface area contributed by atoms with Crippen LogP contribution in [0.5, 0.6) is 0 Å². The van der Waals surface area contributed by atoms with Crippen LogP contribution < -0.4 is 16.2 Å². The standard InChI is InChI=1S/C18H22N4O3S2/c1-4-7-22-16(24)14-11-6-5-10(2)8-12(11)27-15(14)21-18(22)26-9-13(23)20-17(25)19-3/h4,10H,1,5-9H2,2-3H3,(H2,19,20,23,25)/t10-/m1/s1. The molecule has 0 radical (unpaired) electrons. The summed E-state index contributed by atoms with van der Waals surface area (Å²) in [4.78, 5) is 42.9. The number of carbonyl (C=O) groups is 2. The summed E-state index contributed by atoms with van der Waals surface area (Å²) in [6.45, 7) is 6.27. The predicted octanol–water partition coefficient (Wildman–Crippen LogP) is 2.32. The number of hydrogen-bond donors (Lipinski definition) is 2. The number of allylic oxidation sites excluding steroid dienone is 1. The topological polar surface area (TPSA) is 93.1 Å². The van der Waals surface area contributed by atoms with Crippen molar-refractivity contribution in [1.82, 2.24) is 20.2 Å². The molecule has 1 atom stereocenters. The summed E-state index contributed by atoms with van der Waals surface area (Å²) in [6, 6.07) is -0.562. The zero-order chi connectivity index (χ0) is 19.6. The molecule has 2 N–H and O–H groups in total. The number of aromatic nitrogens is 2. The molecule has 0 fully saturated rings. The van der Waals surface area contributed by atoms with Crippen LogP contribution in [0.3, 0.4) is 0 Å². The van der Waals surface area contributed by atoms with Crippen molar-refractivity contribution >= 4 is 45.3 Å². The quantitative estimate of drug-likeness (QED) is 0.452. The second-order valence-electron chi connectivity index (χ2n) is 6.55. The molecule has 1 aliphatic carbocycles. The highest BCUT2D eigenvalue weighted by atomic mass is 32.2. The van der Waals surface area contributed by atoms with Crippen molar-refractivity contribution < 1.29 is 9.59 Å². The van der Waals surface area contributed by atoms with E-state index >= 15 is 0 Å². The molecule has 27 heavy (non-hydrogen) atoms. The third kappa shape index (κ3) is 4.08. The van der Waals surface area contributed by atoms with Gasteiger partial charge in [0.15, 0.2) is 5.16 Å². The van der Waals surface area contributed by atoms with Gasteiger partial charge in [-0.1, -0.05) is 24.8 Å². The van der Waals surface area contributed by atoms with Gasteiger partial charge in [-0.05, 0) is 30.7 Å². The van der Waals surface area contributed by atoms with Crippen LogP contribution in [0.4, 0.5) is 4.79 Å². The second kappa shape index (κ2) is 8.26. The average Bonchev–Trinajstić information content (AvgIpc) is 2.99. The van der Waals surface area contributed by atoms with Gasteiger partial charge in [0.1, 0.15) is 4.83 Å². The number of rotatable bonds is 5. The van der Waals surface area contributed by atoms with Gasteiger partial charge in [0.2, 0.25) is 5.91 Å². The van der Waals surface area contributed by atoms with E-state index in [1.165, 1.54) is 11.9 Å². The van der Waals surface area contributed by atoms with Crippen molar-refractivity contribution in [1.29, 1.82) is 0 Å². The Morgan fingerprint density at radius 2 is 2.26 bits per heavy atom. The number of amides is 3. The normalized spacial score (nSPS) is 16.0. The van der Waals surface area contributed by atoms with Gasteiger partial charge in [0.25, 0.3) is 5.56 Å². The highest BCUT2D eigenvalue weighted by Gasteiger charge is 2.24. The average molecular weight is 407 g/mol. The lowest BCUT2D eigenvalue weighted by molar-refractivity contribution is -0.117. The van der Waals surface area contributed by atoms with Gasteiger partial charge in [-0.15, -0.1) is 17.9 Å². The van der Waals surface area contributed by atoms with Crippen LogP contribution in [0.1, 0.15) is 23.8 Å². The molecule has 3 amide bonds. The molecule has 144 valence electrons. The zero-order valence-corrected chi connectivity index (χ0v) is 17.0. The van der Waals surface area contributed by atoms with Gasteiger partial charge >= 0.3 is 6.03 Å². The number of fused-ring (bicyclic) bond motifs is 3. The number of nitrogens with zero attached hydrogens (tertiary/aromatic N) is 2. The Kier molecular flexibility index (Phi) is 6.01. The largest absolute Gasteiger partial charge is 0.341 e. The minimum Gasteiger partial charge on any atom is -0.341 e. The lowest BCUT2D eigenvalue weighted by Crippen LogP contribution is -2.38. The molecule has 0 saturated heterocycles. The van der Waals surface area contributed by atoms with E-state index in [1.54, 1.807) is 22.0 Å². The van der Waals surface area contributed by atoms with Gasteiger partial charge in [-0.2, -0.15) is 0 Å². The van der Waals surface area contributed by atoms with E-state index in [4.69, 9.17) is 0 Å². The van der Waals surface area contributed by atoms with E-state index in [0.29, 0.717) is 23.0 Å². The fourth-order valence-electron chi connectivity index (χ4n) is 3.16. The third-order valence-corrected chi connectivity index (χ3v) is 6.63. The molecule has 0 saturated carbocycles. The maximum absolute atomic E-state index is 13.1. The third-order valence-electron chi connectivity index (χ3n) is 4.50. The number of urea groups is 1. The van der Waals surface area contributed by atoms with Crippen LogP contribution in [0.25, 0.3) is 10.2 Å². The van der Waals surface area contributed by atoms with Crippen LogP contribution >= 0.6 is 23.1 Å². The number of thiophene rings is 1. The number of thioether (sulfide) groups is 1. The van der Waals surface area contributed by atoms with E-state index in [0.717, 1.165) is 41.4 Å². The first-order chi connectivity index (χ1) is 12.9. The maximum Gasteiger partial charge on any atom is 0.321 e. The molecule has 0 bridgehead atoms. The minimum atomic E-state index is -0.562. The van der Waals surface area contributed by atoms with E-state index < -0.39 is 11.9 Å². The van der Waals surface area contributed by atoms with E-state index in [-0.39, 0.29) is 11.3 Å². The zero-order valence-electron chi connectivity index (χ0n) is 15.3. The Bertz CT molecular complexity index is 964. The smallest absolute Gasteiger partial charge is 0.321 e. The molecule has 2 aromatic rings. The Morgan fingerprint density at radius 3 is 2.96 bits per heavy atom. The Morgan fingerprint density at radius 1 is 1.48 bits per heavy atom. The highest BCUT2D eigenvalue weighted by molar-refractivity contribution is 7.99. The molecule has 0 aliphatic heterocycles. The first-order valence-electron chi connectivity index (χ1n) is 8.75. The summed E-state index contributed by atoms with van der Waals surface area (Å²) in [5.41, 5.74) is 1.05. The fraction of sp³-hybridized carbons (Fsp3) is 0.444. The summed E-state index contributed by atoms with van der Waals surface area (Å²) >= 11 is 2.72. The molecule has 2 aromatic heterocycles. The number of aryl methyl sites for hydroxylation is 1. The number of hydrogen-bond acceptors (Lipinski definition) is 6. The van der Waals surface area contributed by atoms with Crippen LogP contribution in [-0.4, -0.2) is 34.3 Å². The monoisotopic (exact) mass is 406 g/mol. The van der Waals surface area contributed by atoms with Gasteiger partial charge in [-0.3, -0.25) is 19.5 Å². The number of carbonyl (C=O) groups excluding carboxylic acids is 2. The molecule has 7 nitrogen and oxygen atoms in total. The van der Waals surface area contributed by atoms with Crippen molar-refractivity contribution in [3.05, 3.63) is 33.4 Å². The molecule has 0 spiro atoms. The Balaban J connectivity index is 1.96. The SMILES string of the molecule is C=CCn1c(SCC(=O)NC(=O)NC)nc2sc3c(c2c1=O)CC[C@@H](C)C3. The van der Waals surface area contributed by atoms with Gasteiger partial charge in [0.05, 0.1) is 11.1 Å². The number of imide groups is 1. The summed E-state index contributed by atoms with van der Waals surface area (Å²) in [6.07, 6.45) is 4.61. The Labute approximate surface area is 165 Å².